The molecule has 134 valence electrons. The minimum absolute atomic E-state index is 0.616. The molecule has 2 aromatic rings. The second kappa shape index (κ2) is 7.09. The van der Waals surface area contributed by atoms with Gasteiger partial charge in [-0.05, 0) is 29.8 Å². The number of aliphatic hydroxyl groups is 1. The second-order valence-electron chi connectivity index (χ2n) is 6.66. The standard InChI is InChI=1S/C19H19BrF3NO/c20-17-7-5-15(6-8-17)18(25)9-11-24(12-10-18)13-14-1-3-16(4-2-14)19(21,22)23/h1-8,25H,9-13H2/p+1. The maximum absolute atomic E-state index is 12.6. The van der Waals surface area contributed by atoms with Gasteiger partial charge in [-0.15, -0.1) is 0 Å². The molecule has 1 aliphatic heterocycles. The topological polar surface area (TPSA) is 24.7 Å². The summed E-state index contributed by atoms with van der Waals surface area (Å²) in [6.45, 7) is 2.25. The van der Waals surface area contributed by atoms with E-state index < -0.39 is 17.3 Å². The van der Waals surface area contributed by atoms with Gasteiger partial charge in [-0.1, -0.05) is 40.2 Å². The highest BCUT2D eigenvalue weighted by molar-refractivity contribution is 9.10. The lowest BCUT2D eigenvalue weighted by Crippen LogP contribution is -3.12. The molecule has 0 saturated carbocycles. The number of quaternary nitrogens is 1. The maximum atomic E-state index is 12.6. The fraction of sp³-hybridized carbons (Fsp3) is 0.368. The van der Waals surface area contributed by atoms with Crippen LogP contribution in [0.1, 0.15) is 29.5 Å². The summed E-state index contributed by atoms with van der Waals surface area (Å²) in [6.07, 6.45) is -3.01. The average molecular weight is 415 g/mol. The molecule has 0 unspecified atom stereocenters. The molecule has 0 spiro atoms. The van der Waals surface area contributed by atoms with Gasteiger partial charge < -0.3 is 10.0 Å². The lowest BCUT2D eigenvalue weighted by Gasteiger charge is -2.36. The number of hydrogen-bond acceptors (Lipinski definition) is 1. The molecule has 0 aromatic heterocycles. The molecule has 0 radical (unpaired) electrons. The summed E-state index contributed by atoms with van der Waals surface area (Å²) < 4.78 is 38.8. The van der Waals surface area contributed by atoms with E-state index in [1.54, 1.807) is 12.1 Å². The van der Waals surface area contributed by atoms with E-state index in [0.717, 1.165) is 40.8 Å². The van der Waals surface area contributed by atoms with Crippen molar-refractivity contribution in [1.82, 2.24) is 0 Å². The van der Waals surface area contributed by atoms with Crippen molar-refractivity contribution in [2.75, 3.05) is 13.1 Å². The zero-order valence-electron chi connectivity index (χ0n) is 13.6. The van der Waals surface area contributed by atoms with Crippen molar-refractivity contribution >= 4 is 15.9 Å². The van der Waals surface area contributed by atoms with Crippen molar-refractivity contribution in [3.8, 4) is 0 Å². The maximum Gasteiger partial charge on any atom is 0.416 e. The van der Waals surface area contributed by atoms with E-state index in [0.29, 0.717) is 19.4 Å². The second-order valence-corrected chi connectivity index (χ2v) is 7.58. The van der Waals surface area contributed by atoms with Gasteiger partial charge in [-0.2, -0.15) is 13.2 Å². The van der Waals surface area contributed by atoms with Crippen LogP contribution in [-0.4, -0.2) is 18.2 Å². The number of alkyl halides is 3. The highest BCUT2D eigenvalue weighted by Gasteiger charge is 2.36. The van der Waals surface area contributed by atoms with Crippen LogP contribution in [0.3, 0.4) is 0 Å². The highest BCUT2D eigenvalue weighted by Crippen LogP contribution is 2.31. The molecular formula is C19H20BrF3NO+. The average Bonchev–Trinajstić information content (AvgIpc) is 2.57. The molecule has 2 nitrogen and oxygen atoms in total. The Labute approximate surface area is 153 Å². The molecule has 25 heavy (non-hydrogen) atoms. The minimum atomic E-state index is -4.29. The first kappa shape index (κ1) is 18.4. The van der Waals surface area contributed by atoms with Gasteiger partial charge >= 0.3 is 6.18 Å². The fourth-order valence-electron chi connectivity index (χ4n) is 3.34. The first-order valence-electron chi connectivity index (χ1n) is 8.24. The van der Waals surface area contributed by atoms with Crippen molar-refractivity contribution in [3.05, 3.63) is 69.7 Å². The molecule has 1 saturated heterocycles. The Morgan fingerprint density at radius 3 is 2.04 bits per heavy atom. The zero-order valence-corrected chi connectivity index (χ0v) is 15.2. The normalized spacial score (nSPS) is 24.3. The lowest BCUT2D eigenvalue weighted by molar-refractivity contribution is -0.921. The highest BCUT2D eigenvalue weighted by atomic mass is 79.9. The monoisotopic (exact) mass is 414 g/mol. The predicted molar refractivity (Wildman–Crippen MR) is 93.1 cm³/mol. The summed E-state index contributed by atoms with van der Waals surface area (Å²) in [5, 5.41) is 10.9. The van der Waals surface area contributed by atoms with Crippen LogP contribution < -0.4 is 4.90 Å². The van der Waals surface area contributed by atoms with E-state index in [1.165, 1.54) is 4.90 Å². The smallest absolute Gasteiger partial charge is 0.385 e. The molecule has 2 N–H and O–H groups in total. The van der Waals surface area contributed by atoms with E-state index in [9.17, 15) is 18.3 Å². The largest absolute Gasteiger partial charge is 0.416 e. The minimum Gasteiger partial charge on any atom is -0.385 e. The third-order valence-electron chi connectivity index (χ3n) is 4.90. The van der Waals surface area contributed by atoms with Crippen LogP contribution in [0.5, 0.6) is 0 Å². The van der Waals surface area contributed by atoms with Crippen LogP contribution in [0, 0.1) is 0 Å². The van der Waals surface area contributed by atoms with Gasteiger partial charge in [-0.3, -0.25) is 0 Å². The molecule has 0 bridgehead atoms. The molecular weight excluding hydrogens is 395 g/mol. The van der Waals surface area contributed by atoms with Crippen LogP contribution >= 0.6 is 15.9 Å². The Morgan fingerprint density at radius 2 is 1.52 bits per heavy atom. The molecule has 1 fully saturated rings. The summed E-state index contributed by atoms with van der Waals surface area (Å²) in [7, 11) is 0. The number of likely N-dealkylation sites (tertiary alicyclic amines) is 1. The van der Waals surface area contributed by atoms with Crippen LogP contribution in [-0.2, 0) is 18.3 Å². The Morgan fingerprint density at radius 1 is 0.960 bits per heavy atom. The van der Waals surface area contributed by atoms with Gasteiger partial charge in [0.1, 0.15) is 12.1 Å². The number of rotatable bonds is 3. The van der Waals surface area contributed by atoms with E-state index in [-0.39, 0.29) is 0 Å². The Bertz CT molecular complexity index is 705. The zero-order chi connectivity index (χ0) is 18.1. The molecule has 2 aromatic carbocycles. The van der Waals surface area contributed by atoms with Crippen molar-refractivity contribution in [3.63, 3.8) is 0 Å². The van der Waals surface area contributed by atoms with E-state index in [1.807, 2.05) is 24.3 Å². The van der Waals surface area contributed by atoms with Gasteiger partial charge in [0.2, 0.25) is 0 Å². The van der Waals surface area contributed by atoms with Crippen LogP contribution in [0.4, 0.5) is 13.2 Å². The summed E-state index contributed by atoms with van der Waals surface area (Å²) in [5.41, 5.74) is 0.375. The van der Waals surface area contributed by atoms with Crippen molar-refractivity contribution in [2.24, 2.45) is 0 Å². The fourth-order valence-corrected chi connectivity index (χ4v) is 3.61. The van der Waals surface area contributed by atoms with E-state index in [2.05, 4.69) is 15.9 Å². The molecule has 1 heterocycles. The summed E-state index contributed by atoms with van der Waals surface area (Å²) in [4.78, 5) is 1.28. The van der Waals surface area contributed by atoms with Gasteiger partial charge in [0.05, 0.1) is 18.7 Å². The summed E-state index contributed by atoms with van der Waals surface area (Å²) >= 11 is 3.39. The third kappa shape index (κ3) is 4.43. The number of piperidine rings is 1. The van der Waals surface area contributed by atoms with Gasteiger partial charge in [0, 0.05) is 22.9 Å². The van der Waals surface area contributed by atoms with Crippen LogP contribution in [0.15, 0.2) is 53.0 Å². The van der Waals surface area contributed by atoms with E-state index in [4.69, 9.17) is 0 Å². The summed E-state index contributed by atoms with van der Waals surface area (Å²) in [5.74, 6) is 0. The molecule has 1 aliphatic rings. The van der Waals surface area contributed by atoms with Gasteiger partial charge in [-0.25, -0.2) is 0 Å². The van der Waals surface area contributed by atoms with Crippen molar-refractivity contribution in [1.29, 1.82) is 0 Å². The number of halogens is 4. The predicted octanol–water partition coefficient (Wildman–Crippen LogP) is 3.53. The van der Waals surface area contributed by atoms with Gasteiger partial charge in [0.15, 0.2) is 0 Å². The van der Waals surface area contributed by atoms with Gasteiger partial charge in [0.25, 0.3) is 0 Å². The third-order valence-corrected chi connectivity index (χ3v) is 5.43. The van der Waals surface area contributed by atoms with Crippen molar-refractivity contribution < 1.29 is 23.2 Å². The summed E-state index contributed by atoms with van der Waals surface area (Å²) in [6, 6.07) is 13.1. The number of benzene rings is 2. The first-order chi connectivity index (χ1) is 11.8. The quantitative estimate of drug-likeness (QED) is 0.788. The SMILES string of the molecule is OC1(c2ccc(Br)cc2)CC[NH+](Cc2ccc(C(F)(F)F)cc2)CC1. The number of nitrogens with one attached hydrogen (secondary N) is 1. The molecule has 0 atom stereocenters. The van der Waals surface area contributed by atoms with E-state index >= 15 is 0 Å². The van der Waals surface area contributed by atoms with Crippen LogP contribution in [0.25, 0.3) is 0 Å². The lowest BCUT2D eigenvalue weighted by atomic mass is 9.84. The Hall–Kier alpha value is -1.37. The molecule has 6 heteroatoms. The molecule has 0 amide bonds. The first-order valence-corrected chi connectivity index (χ1v) is 9.04. The Balaban J connectivity index is 1.60. The van der Waals surface area contributed by atoms with Crippen molar-refractivity contribution in [2.45, 2.75) is 31.2 Å². The van der Waals surface area contributed by atoms with Crippen LogP contribution in [0.2, 0.25) is 0 Å². The molecule has 3 rings (SSSR count). The number of hydrogen-bond donors (Lipinski definition) is 2. The molecule has 0 aliphatic carbocycles. The Kier molecular flexibility index (Phi) is 5.23.